The van der Waals surface area contributed by atoms with Crippen molar-refractivity contribution in [3.05, 3.63) is 30.1 Å². The van der Waals surface area contributed by atoms with Crippen LogP contribution in [0.3, 0.4) is 0 Å². The third-order valence-corrected chi connectivity index (χ3v) is 3.57. The highest BCUT2D eigenvalue weighted by Gasteiger charge is 2.39. The van der Waals surface area contributed by atoms with Crippen molar-refractivity contribution < 1.29 is 19.8 Å². The fraction of sp³-hybridized carbons (Fsp3) is 0.500. The molecule has 0 aliphatic carbocycles. The molecule has 2 heterocycles. The molecular weight excluding hydrogens is 274 g/mol. The molecule has 0 radical (unpaired) electrons. The highest BCUT2D eigenvalue weighted by molar-refractivity contribution is 5.83. The first-order valence-corrected chi connectivity index (χ1v) is 6.81. The number of aliphatic hydroxyl groups excluding tert-OH is 1. The van der Waals surface area contributed by atoms with E-state index in [0.29, 0.717) is 13.0 Å². The average Bonchev–Trinajstić information content (AvgIpc) is 2.87. The van der Waals surface area contributed by atoms with E-state index in [1.807, 2.05) is 18.2 Å². The van der Waals surface area contributed by atoms with Gasteiger partial charge in [-0.3, -0.25) is 4.98 Å². The number of nitrogens with zero attached hydrogens (tertiary/aromatic N) is 3. The number of carboxylic acids is 1. The molecule has 1 aliphatic rings. The van der Waals surface area contributed by atoms with Crippen LogP contribution in [-0.2, 0) is 11.2 Å². The number of carboxylic acid groups (broad SMARTS) is 1. The van der Waals surface area contributed by atoms with E-state index in [9.17, 15) is 14.7 Å². The van der Waals surface area contributed by atoms with Crippen LogP contribution in [0, 0.1) is 0 Å². The second-order valence-electron chi connectivity index (χ2n) is 5.17. The van der Waals surface area contributed by atoms with Gasteiger partial charge in [0.25, 0.3) is 0 Å². The van der Waals surface area contributed by atoms with Crippen LogP contribution >= 0.6 is 0 Å². The van der Waals surface area contributed by atoms with Gasteiger partial charge in [0, 0.05) is 44.9 Å². The van der Waals surface area contributed by atoms with Gasteiger partial charge in [-0.2, -0.15) is 0 Å². The van der Waals surface area contributed by atoms with Crippen LogP contribution in [-0.4, -0.2) is 69.3 Å². The summed E-state index contributed by atoms with van der Waals surface area (Å²) in [5.41, 5.74) is 0.869. The molecule has 2 rings (SSSR count). The van der Waals surface area contributed by atoms with Crippen molar-refractivity contribution in [2.75, 3.05) is 20.1 Å². The van der Waals surface area contributed by atoms with Crippen LogP contribution in [0.1, 0.15) is 12.1 Å². The molecule has 0 bridgehead atoms. The fourth-order valence-electron chi connectivity index (χ4n) is 2.40. The molecule has 21 heavy (non-hydrogen) atoms. The maximum Gasteiger partial charge on any atom is 0.326 e. The molecule has 0 saturated carbocycles. The number of urea groups is 1. The van der Waals surface area contributed by atoms with E-state index in [0.717, 1.165) is 5.69 Å². The van der Waals surface area contributed by atoms with Gasteiger partial charge in [-0.05, 0) is 12.1 Å². The summed E-state index contributed by atoms with van der Waals surface area (Å²) in [4.78, 5) is 30.3. The lowest BCUT2D eigenvalue weighted by atomic mass is 10.2. The van der Waals surface area contributed by atoms with Gasteiger partial charge < -0.3 is 20.0 Å². The number of aliphatic hydroxyl groups is 1. The van der Waals surface area contributed by atoms with Gasteiger partial charge in [-0.1, -0.05) is 6.07 Å². The van der Waals surface area contributed by atoms with Crippen LogP contribution < -0.4 is 0 Å². The predicted molar refractivity (Wildman–Crippen MR) is 74.7 cm³/mol. The van der Waals surface area contributed by atoms with E-state index >= 15 is 0 Å². The third-order valence-electron chi connectivity index (χ3n) is 3.57. The Labute approximate surface area is 122 Å². The maximum absolute atomic E-state index is 12.3. The zero-order valence-corrected chi connectivity index (χ0v) is 11.8. The van der Waals surface area contributed by atoms with E-state index in [1.165, 1.54) is 9.80 Å². The van der Waals surface area contributed by atoms with Crippen molar-refractivity contribution in [3.63, 3.8) is 0 Å². The quantitative estimate of drug-likeness (QED) is 0.827. The van der Waals surface area contributed by atoms with Crippen molar-refractivity contribution in [2.24, 2.45) is 0 Å². The van der Waals surface area contributed by atoms with Gasteiger partial charge in [0.1, 0.15) is 6.04 Å². The second kappa shape index (κ2) is 6.53. The molecule has 0 spiro atoms. The van der Waals surface area contributed by atoms with Crippen LogP contribution in [0.25, 0.3) is 0 Å². The lowest BCUT2D eigenvalue weighted by Crippen LogP contribution is -2.47. The first kappa shape index (κ1) is 15.2. The number of hydrogen-bond acceptors (Lipinski definition) is 4. The molecule has 0 unspecified atom stereocenters. The van der Waals surface area contributed by atoms with E-state index in [1.54, 1.807) is 13.2 Å². The summed E-state index contributed by atoms with van der Waals surface area (Å²) in [5, 5.41) is 18.7. The van der Waals surface area contributed by atoms with Crippen molar-refractivity contribution in [1.29, 1.82) is 0 Å². The van der Waals surface area contributed by atoms with Crippen LogP contribution in [0.2, 0.25) is 0 Å². The fourth-order valence-corrected chi connectivity index (χ4v) is 2.40. The zero-order chi connectivity index (χ0) is 15.4. The summed E-state index contributed by atoms with van der Waals surface area (Å²) < 4.78 is 0. The predicted octanol–water partition coefficient (Wildman–Crippen LogP) is 0.196. The summed E-state index contributed by atoms with van der Waals surface area (Å²) in [6.07, 6.45) is 1.58. The first-order chi connectivity index (χ1) is 9.99. The molecule has 1 aromatic rings. The summed E-state index contributed by atoms with van der Waals surface area (Å²) in [6, 6.07) is 4.24. The van der Waals surface area contributed by atoms with Crippen molar-refractivity contribution in [1.82, 2.24) is 14.8 Å². The Bertz CT molecular complexity index is 508. The Morgan fingerprint density at radius 2 is 2.24 bits per heavy atom. The van der Waals surface area contributed by atoms with Crippen LogP contribution in [0.4, 0.5) is 4.79 Å². The van der Waals surface area contributed by atoms with Gasteiger partial charge in [0.2, 0.25) is 0 Å². The largest absolute Gasteiger partial charge is 0.480 e. The summed E-state index contributed by atoms with van der Waals surface area (Å²) in [6.45, 7) is 0.499. The minimum atomic E-state index is -1.09. The SMILES string of the molecule is CN(CCc1ccccn1)C(=O)N1C[C@H](O)C[C@H]1C(=O)O. The number of carbonyl (C=O) groups excluding carboxylic acids is 1. The van der Waals surface area contributed by atoms with Gasteiger partial charge in [-0.25, -0.2) is 9.59 Å². The Hall–Kier alpha value is -2.15. The topological polar surface area (TPSA) is 94.0 Å². The number of likely N-dealkylation sites (N-methyl/N-ethyl adjacent to an activating group) is 1. The molecule has 0 aromatic carbocycles. The molecule has 114 valence electrons. The summed E-state index contributed by atoms with van der Waals surface area (Å²) >= 11 is 0. The van der Waals surface area contributed by atoms with E-state index < -0.39 is 18.1 Å². The maximum atomic E-state index is 12.3. The number of carbonyl (C=O) groups is 2. The molecule has 1 saturated heterocycles. The van der Waals surface area contributed by atoms with E-state index in [2.05, 4.69) is 4.98 Å². The number of pyridine rings is 1. The molecule has 1 fully saturated rings. The lowest BCUT2D eigenvalue weighted by molar-refractivity contribution is -0.141. The minimum absolute atomic E-state index is 0.0593. The highest BCUT2D eigenvalue weighted by Crippen LogP contribution is 2.19. The Kier molecular flexibility index (Phi) is 4.74. The normalized spacial score (nSPS) is 21.3. The first-order valence-electron chi connectivity index (χ1n) is 6.81. The Balaban J connectivity index is 1.94. The van der Waals surface area contributed by atoms with Gasteiger partial charge in [0.05, 0.1) is 6.10 Å². The smallest absolute Gasteiger partial charge is 0.326 e. The van der Waals surface area contributed by atoms with Gasteiger partial charge in [-0.15, -0.1) is 0 Å². The third kappa shape index (κ3) is 3.69. The van der Waals surface area contributed by atoms with Crippen molar-refractivity contribution >= 4 is 12.0 Å². The number of aliphatic carboxylic acids is 1. The van der Waals surface area contributed by atoms with E-state index in [-0.39, 0.29) is 19.0 Å². The summed E-state index contributed by atoms with van der Waals surface area (Å²) in [5.74, 6) is -1.09. The monoisotopic (exact) mass is 293 g/mol. The number of likely N-dealkylation sites (tertiary alicyclic amines) is 1. The number of rotatable bonds is 4. The second-order valence-corrected chi connectivity index (χ2v) is 5.17. The summed E-state index contributed by atoms with van der Waals surface area (Å²) in [7, 11) is 1.62. The minimum Gasteiger partial charge on any atom is -0.480 e. The highest BCUT2D eigenvalue weighted by atomic mass is 16.4. The average molecular weight is 293 g/mol. The number of aromatic nitrogens is 1. The van der Waals surface area contributed by atoms with Crippen LogP contribution in [0.5, 0.6) is 0 Å². The number of amides is 2. The molecule has 2 atom stereocenters. The lowest BCUT2D eigenvalue weighted by Gasteiger charge is -2.27. The molecule has 7 heteroatoms. The van der Waals surface area contributed by atoms with Crippen LogP contribution in [0.15, 0.2) is 24.4 Å². The molecule has 1 aliphatic heterocycles. The van der Waals surface area contributed by atoms with E-state index in [4.69, 9.17) is 5.11 Å². The molecule has 7 nitrogen and oxygen atoms in total. The van der Waals surface area contributed by atoms with Crippen molar-refractivity contribution in [3.8, 4) is 0 Å². The Morgan fingerprint density at radius 3 is 2.86 bits per heavy atom. The standard InChI is InChI=1S/C14H19N3O4/c1-16(7-5-10-4-2-3-6-15-10)14(21)17-9-11(18)8-12(17)13(19)20/h2-4,6,11-12,18H,5,7-9H2,1H3,(H,19,20)/t11-,12+/m1/s1. The molecule has 2 amide bonds. The number of hydrogen-bond donors (Lipinski definition) is 2. The Morgan fingerprint density at radius 1 is 1.48 bits per heavy atom. The molecule has 1 aromatic heterocycles. The van der Waals surface area contributed by atoms with Crippen molar-refractivity contribution in [2.45, 2.75) is 25.0 Å². The molecular formula is C14H19N3O4. The van der Waals surface area contributed by atoms with Gasteiger partial charge >= 0.3 is 12.0 Å². The zero-order valence-electron chi connectivity index (χ0n) is 11.8. The van der Waals surface area contributed by atoms with Gasteiger partial charge in [0.15, 0.2) is 0 Å². The molecule has 2 N–H and O–H groups in total. The number of β-amino-alcohol motifs (C(OH)–C–C–N with tert-alkyl or cyclic N) is 1.